The molecule has 0 aromatic heterocycles. The van der Waals surface area contributed by atoms with Crippen LogP contribution in [0, 0.1) is 0 Å². The Morgan fingerprint density at radius 3 is 2.84 bits per heavy atom. The molecule has 1 atom stereocenters. The van der Waals surface area contributed by atoms with Gasteiger partial charge in [-0.2, -0.15) is 0 Å². The van der Waals surface area contributed by atoms with E-state index in [-0.39, 0.29) is 12.5 Å². The second kappa shape index (κ2) is 5.90. The second-order valence-corrected chi connectivity index (χ2v) is 4.22. The number of ether oxygens (including phenoxy) is 2. The summed E-state index contributed by atoms with van der Waals surface area (Å²) in [4.78, 5) is 13.8. The fourth-order valence-electron chi connectivity index (χ4n) is 2.13. The summed E-state index contributed by atoms with van der Waals surface area (Å²) < 4.78 is 10.5. The zero-order chi connectivity index (χ0) is 13.8. The maximum atomic E-state index is 12.2. The molecule has 1 unspecified atom stereocenters. The summed E-state index contributed by atoms with van der Waals surface area (Å²) >= 11 is 0. The summed E-state index contributed by atoms with van der Waals surface area (Å²) in [7, 11) is 3.13. The fraction of sp³-hybridized carbons (Fsp3) is 0.462. The van der Waals surface area contributed by atoms with E-state index in [9.17, 15) is 9.90 Å². The molecule has 1 aliphatic heterocycles. The van der Waals surface area contributed by atoms with Crippen LogP contribution in [0.3, 0.4) is 0 Å². The monoisotopic (exact) mass is 266 g/mol. The summed E-state index contributed by atoms with van der Waals surface area (Å²) in [6.45, 7) is 0.928. The molecule has 6 nitrogen and oxygen atoms in total. The van der Waals surface area contributed by atoms with E-state index in [1.807, 2.05) is 0 Å². The molecule has 104 valence electrons. The summed E-state index contributed by atoms with van der Waals surface area (Å²) in [6, 6.07) is 4.73. The minimum atomic E-state index is -0.565. The zero-order valence-corrected chi connectivity index (χ0v) is 11.0. The van der Waals surface area contributed by atoms with Gasteiger partial charge in [-0.25, -0.2) is 0 Å². The first-order valence-electron chi connectivity index (χ1n) is 6.09. The Labute approximate surface area is 111 Å². The highest BCUT2D eigenvalue weighted by molar-refractivity contribution is 5.99. The maximum absolute atomic E-state index is 12.2. The summed E-state index contributed by atoms with van der Waals surface area (Å²) in [6.07, 6.45) is 0. The van der Waals surface area contributed by atoms with E-state index in [0.29, 0.717) is 30.3 Å². The van der Waals surface area contributed by atoms with Crippen LogP contribution in [-0.4, -0.2) is 51.0 Å². The number of methoxy groups -OCH3 is 2. The third-order valence-electron chi connectivity index (χ3n) is 3.15. The van der Waals surface area contributed by atoms with Gasteiger partial charge in [-0.1, -0.05) is 0 Å². The normalized spacial score (nSPS) is 19.4. The molecule has 2 N–H and O–H groups in total. The minimum absolute atomic E-state index is 0.166. The molecule has 0 bridgehead atoms. The van der Waals surface area contributed by atoms with Gasteiger partial charge in [-0.15, -0.1) is 0 Å². The van der Waals surface area contributed by atoms with E-state index in [1.165, 1.54) is 0 Å². The van der Waals surface area contributed by atoms with Crippen LogP contribution in [0.25, 0.3) is 0 Å². The molecular weight excluding hydrogens is 248 g/mol. The molecule has 1 fully saturated rings. The molecule has 6 heteroatoms. The van der Waals surface area contributed by atoms with E-state index in [0.717, 1.165) is 0 Å². The van der Waals surface area contributed by atoms with Gasteiger partial charge in [-0.3, -0.25) is 4.79 Å². The number of anilines is 1. The lowest BCUT2D eigenvalue weighted by atomic mass is 10.1. The van der Waals surface area contributed by atoms with Crippen LogP contribution in [-0.2, 0) is 4.79 Å². The number of carbonyl (C=O) groups excluding carboxylic acids is 1. The number of piperazine rings is 1. The number of nitrogens with zero attached hydrogens (tertiary/aromatic N) is 1. The molecule has 1 amide bonds. The molecule has 2 rings (SSSR count). The van der Waals surface area contributed by atoms with Crippen LogP contribution < -0.4 is 19.7 Å². The smallest absolute Gasteiger partial charge is 0.246 e. The number of hydrogen-bond acceptors (Lipinski definition) is 5. The average molecular weight is 266 g/mol. The SMILES string of the molecule is COc1ccc(OC)c(N2CCNC(CO)C2=O)c1. The molecule has 1 heterocycles. The summed E-state index contributed by atoms with van der Waals surface area (Å²) in [5.74, 6) is 1.09. The number of benzene rings is 1. The number of aliphatic hydroxyl groups excluding tert-OH is 1. The Kier molecular flexibility index (Phi) is 4.24. The van der Waals surface area contributed by atoms with Crippen LogP contribution in [0.2, 0.25) is 0 Å². The van der Waals surface area contributed by atoms with Crippen molar-refractivity contribution in [2.24, 2.45) is 0 Å². The molecular formula is C13H18N2O4. The summed E-state index contributed by atoms with van der Waals surface area (Å²) in [5, 5.41) is 12.2. The largest absolute Gasteiger partial charge is 0.497 e. The number of aliphatic hydroxyl groups is 1. The number of amides is 1. The van der Waals surface area contributed by atoms with Crippen molar-refractivity contribution in [2.45, 2.75) is 6.04 Å². The lowest BCUT2D eigenvalue weighted by molar-refractivity contribution is -0.122. The van der Waals surface area contributed by atoms with E-state index >= 15 is 0 Å². The van der Waals surface area contributed by atoms with Crippen molar-refractivity contribution in [2.75, 3.05) is 38.8 Å². The van der Waals surface area contributed by atoms with Gasteiger partial charge in [0, 0.05) is 19.2 Å². The van der Waals surface area contributed by atoms with Crippen LogP contribution in [0.4, 0.5) is 5.69 Å². The van der Waals surface area contributed by atoms with Gasteiger partial charge in [0.05, 0.1) is 26.5 Å². The first-order valence-corrected chi connectivity index (χ1v) is 6.09. The molecule has 0 saturated carbocycles. The third-order valence-corrected chi connectivity index (χ3v) is 3.15. The topological polar surface area (TPSA) is 71.0 Å². The van der Waals surface area contributed by atoms with E-state index in [1.54, 1.807) is 37.3 Å². The van der Waals surface area contributed by atoms with Crippen molar-refractivity contribution >= 4 is 11.6 Å². The Morgan fingerprint density at radius 2 is 2.21 bits per heavy atom. The Hall–Kier alpha value is -1.79. The number of rotatable bonds is 4. The van der Waals surface area contributed by atoms with Crippen LogP contribution in [0.5, 0.6) is 11.5 Å². The van der Waals surface area contributed by atoms with E-state index < -0.39 is 6.04 Å². The number of nitrogens with one attached hydrogen (secondary N) is 1. The first-order chi connectivity index (χ1) is 9.21. The Balaban J connectivity index is 2.36. The fourth-order valence-corrected chi connectivity index (χ4v) is 2.13. The lowest BCUT2D eigenvalue weighted by Gasteiger charge is -2.33. The van der Waals surface area contributed by atoms with Crippen molar-refractivity contribution in [1.82, 2.24) is 5.32 Å². The van der Waals surface area contributed by atoms with Crippen LogP contribution >= 0.6 is 0 Å². The predicted molar refractivity (Wildman–Crippen MR) is 70.8 cm³/mol. The van der Waals surface area contributed by atoms with E-state index in [2.05, 4.69) is 5.32 Å². The lowest BCUT2D eigenvalue weighted by Crippen LogP contribution is -2.56. The van der Waals surface area contributed by atoms with Gasteiger partial charge in [0.25, 0.3) is 0 Å². The number of hydrogen-bond donors (Lipinski definition) is 2. The standard InChI is InChI=1S/C13H18N2O4/c1-18-9-3-4-12(19-2)11(7-9)15-6-5-14-10(8-16)13(15)17/h3-4,7,10,14,16H,5-6,8H2,1-2H3. The molecule has 1 aromatic carbocycles. The molecule has 1 aromatic rings. The summed E-state index contributed by atoms with van der Waals surface area (Å²) in [5.41, 5.74) is 0.659. The second-order valence-electron chi connectivity index (χ2n) is 4.22. The van der Waals surface area contributed by atoms with Gasteiger partial charge in [0.15, 0.2) is 0 Å². The van der Waals surface area contributed by atoms with Gasteiger partial charge < -0.3 is 24.8 Å². The van der Waals surface area contributed by atoms with Gasteiger partial charge in [-0.05, 0) is 12.1 Å². The van der Waals surface area contributed by atoms with Crippen molar-refractivity contribution in [3.8, 4) is 11.5 Å². The molecule has 19 heavy (non-hydrogen) atoms. The molecule has 1 aliphatic rings. The highest BCUT2D eigenvalue weighted by Gasteiger charge is 2.30. The predicted octanol–water partition coefficient (Wildman–Crippen LogP) is 0.000900. The first kappa shape index (κ1) is 13.6. The quantitative estimate of drug-likeness (QED) is 0.803. The molecule has 1 saturated heterocycles. The van der Waals surface area contributed by atoms with E-state index in [4.69, 9.17) is 9.47 Å². The third kappa shape index (κ3) is 2.64. The number of carbonyl (C=O) groups is 1. The molecule has 0 aliphatic carbocycles. The van der Waals surface area contributed by atoms with Crippen LogP contribution in [0.15, 0.2) is 18.2 Å². The average Bonchev–Trinajstić information content (AvgIpc) is 2.47. The minimum Gasteiger partial charge on any atom is -0.497 e. The molecule has 0 radical (unpaired) electrons. The van der Waals surface area contributed by atoms with Gasteiger partial charge in [0.2, 0.25) is 5.91 Å². The Morgan fingerprint density at radius 1 is 1.42 bits per heavy atom. The van der Waals surface area contributed by atoms with Gasteiger partial charge in [0.1, 0.15) is 17.5 Å². The van der Waals surface area contributed by atoms with Crippen molar-refractivity contribution in [3.63, 3.8) is 0 Å². The van der Waals surface area contributed by atoms with Crippen molar-refractivity contribution in [1.29, 1.82) is 0 Å². The Bertz CT molecular complexity index is 464. The van der Waals surface area contributed by atoms with Crippen molar-refractivity contribution < 1.29 is 19.4 Å². The highest BCUT2D eigenvalue weighted by Crippen LogP contribution is 2.33. The van der Waals surface area contributed by atoms with Crippen LogP contribution in [0.1, 0.15) is 0 Å². The maximum Gasteiger partial charge on any atom is 0.246 e. The van der Waals surface area contributed by atoms with Gasteiger partial charge >= 0.3 is 0 Å². The zero-order valence-electron chi connectivity index (χ0n) is 11.0. The molecule has 0 spiro atoms. The van der Waals surface area contributed by atoms with Crippen molar-refractivity contribution in [3.05, 3.63) is 18.2 Å². The highest BCUT2D eigenvalue weighted by atomic mass is 16.5.